The topological polar surface area (TPSA) is 49.7 Å². The van der Waals surface area contributed by atoms with Crippen LogP contribution in [0.1, 0.15) is 41.0 Å². The van der Waals surface area contributed by atoms with Gasteiger partial charge < -0.3 is 14.9 Å². The Morgan fingerprint density at radius 1 is 0.947 bits per heavy atom. The van der Waals surface area contributed by atoms with Gasteiger partial charge in [0.25, 0.3) is 0 Å². The summed E-state index contributed by atoms with van der Waals surface area (Å²) in [6.07, 6.45) is 1.10. The van der Waals surface area contributed by atoms with Crippen LogP contribution in [-0.4, -0.2) is 29.0 Å². The molecule has 0 saturated heterocycles. The highest BCUT2D eigenvalue weighted by molar-refractivity contribution is 5.22. The lowest BCUT2D eigenvalue weighted by Crippen LogP contribution is -2.43. The lowest BCUT2D eigenvalue weighted by molar-refractivity contribution is -0.0130. The summed E-state index contributed by atoms with van der Waals surface area (Å²) in [4.78, 5) is 0. The quantitative estimate of drug-likeness (QED) is 0.862. The second-order valence-corrected chi connectivity index (χ2v) is 5.61. The summed E-state index contributed by atoms with van der Waals surface area (Å²) in [7, 11) is 0. The Morgan fingerprint density at radius 3 is 1.79 bits per heavy atom. The average molecular weight is 268 g/mol. The predicted octanol–water partition coefficient (Wildman–Crippen LogP) is 3.25. The van der Waals surface area contributed by atoms with Crippen molar-refractivity contribution in [3.8, 4) is 5.75 Å². The molecule has 0 saturated carbocycles. The average Bonchev–Trinajstić information content (AvgIpc) is 2.39. The molecule has 0 amide bonds. The Balaban J connectivity index is 0.000000711. The fourth-order valence-corrected chi connectivity index (χ4v) is 1.35. The van der Waals surface area contributed by atoms with E-state index in [1.54, 1.807) is 0 Å². The molecule has 0 bridgehead atoms. The number of rotatable bonds is 5. The molecule has 3 heteroatoms. The van der Waals surface area contributed by atoms with Crippen LogP contribution < -0.4 is 4.74 Å². The zero-order valence-electron chi connectivity index (χ0n) is 12.8. The van der Waals surface area contributed by atoms with Gasteiger partial charge in [-0.2, -0.15) is 0 Å². The van der Waals surface area contributed by atoms with Crippen LogP contribution in [0.3, 0.4) is 0 Å². The largest absolute Gasteiger partial charge is 0.487 e. The van der Waals surface area contributed by atoms with E-state index in [9.17, 15) is 0 Å². The molecule has 110 valence electrons. The van der Waals surface area contributed by atoms with Crippen LogP contribution in [0.15, 0.2) is 30.3 Å². The summed E-state index contributed by atoms with van der Waals surface area (Å²) in [5.41, 5.74) is 0.0198. The fourth-order valence-electron chi connectivity index (χ4n) is 1.35. The number of benzene rings is 1. The summed E-state index contributed by atoms with van der Waals surface area (Å²) in [5.74, 6) is 0.948. The molecule has 0 aliphatic rings. The Morgan fingerprint density at radius 2 is 1.42 bits per heavy atom. The molecule has 1 aromatic rings. The smallest absolute Gasteiger partial charge is 0.120 e. The minimum atomic E-state index is -0.150. The Kier molecular flexibility index (Phi) is 7.72. The van der Waals surface area contributed by atoms with Crippen molar-refractivity contribution in [3.63, 3.8) is 0 Å². The van der Waals surface area contributed by atoms with Crippen molar-refractivity contribution in [3.05, 3.63) is 30.3 Å². The lowest BCUT2D eigenvalue weighted by Gasteiger charge is -2.41. The number of hydrogen-bond donors (Lipinski definition) is 2. The minimum Gasteiger partial charge on any atom is -0.487 e. The van der Waals surface area contributed by atoms with E-state index in [2.05, 4.69) is 34.6 Å². The predicted molar refractivity (Wildman–Crippen MR) is 79.4 cm³/mol. The molecule has 0 fully saturated rings. The molecule has 0 spiro atoms. The zero-order chi connectivity index (χ0) is 14.9. The highest BCUT2D eigenvalue weighted by atomic mass is 16.5. The van der Waals surface area contributed by atoms with Gasteiger partial charge in [-0.3, -0.25) is 0 Å². The van der Waals surface area contributed by atoms with Crippen molar-refractivity contribution in [1.29, 1.82) is 0 Å². The molecule has 0 heterocycles. The summed E-state index contributed by atoms with van der Waals surface area (Å²) in [6.45, 7) is 10.8. The standard InChI is InChI=1S/C14H22O.C2H6O2/c1-6-13(2,3)14(4,5)15-12-10-8-7-9-11-12;3-1-2-4/h7-11H,6H2,1-5H3;3-4H,1-2H2. The van der Waals surface area contributed by atoms with E-state index in [0.29, 0.717) is 0 Å². The van der Waals surface area contributed by atoms with Crippen molar-refractivity contribution in [1.82, 2.24) is 0 Å². The molecule has 0 atom stereocenters. The molecule has 1 aromatic carbocycles. The van der Waals surface area contributed by atoms with Crippen molar-refractivity contribution in [2.75, 3.05) is 13.2 Å². The third kappa shape index (κ3) is 6.08. The van der Waals surface area contributed by atoms with Crippen LogP contribution in [0.25, 0.3) is 0 Å². The van der Waals surface area contributed by atoms with Gasteiger partial charge in [0.1, 0.15) is 11.4 Å². The summed E-state index contributed by atoms with van der Waals surface area (Å²) < 4.78 is 6.06. The van der Waals surface area contributed by atoms with Gasteiger partial charge in [0.05, 0.1) is 13.2 Å². The first kappa shape index (κ1) is 17.9. The Bertz CT molecular complexity index is 329. The van der Waals surface area contributed by atoms with Gasteiger partial charge in [0.15, 0.2) is 0 Å². The number of aliphatic hydroxyl groups excluding tert-OH is 2. The van der Waals surface area contributed by atoms with Gasteiger partial charge in [-0.05, 0) is 32.4 Å². The monoisotopic (exact) mass is 268 g/mol. The van der Waals surface area contributed by atoms with Gasteiger partial charge in [-0.15, -0.1) is 0 Å². The Labute approximate surface area is 117 Å². The first-order valence-corrected chi connectivity index (χ1v) is 6.76. The van der Waals surface area contributed by atoms with Crippen molar-refractivity contribution in [2.45, 2.75) is 46.6 Å². The molecule has 0 unspecified atom stereocenters. The summed E-state index contributed by atoms with van der Waals surface area (Å²) in [5, 5.41) is 15.2. The SMILES string of the molecule is CCC(C)(C)C(C)(C)Oc1ccccc1.OCCO. The second kappa shape index (κ2) is 8.18. The van der Waals surface area contributed by atoms with E-state index in [-0.39, 0.29) is 24.2 Å². The van der Waals surface area contributed by atoms with E-state index >= 15 is 0 Å². The van der Waals surface area contributed by atoms with Crippen LogP contribution in [0.5, 0.6) is 5.75 Å². The molecular weight excluding hydrogens is 240 g/mol. The summed E-state index contributed by atoms with van der Waals surface area (Å²) >= 11 is 0. The van der Waals surface area contributed by atoms with E-state index < -0.39 is 0 Å². The maximum Gasteiger partial charge on any atom is 0.120 e. The molecule has 2 N–H and O–H groups in total. The van der Waals surface area contributed by atoms with E-state index in [4.69, 9.17) is 14.9 Å². The fraction of sp³-hybridized carbons (Fsp3) is 0.625. The first-order valence-electron chi connectivity index (χ1n) is 6.76. The molecule has 0 aromatic heterocycles. The van der Waals surface area contributed by atoms with Gasteiger partial charge in [-0.25, -0.2) is 0 Å². The molecule has 0 aliphatic carbocycles. The number of ether oxygens (including phenoxy) is 1. The van der Waals surface area contributed by atoms with Gasteiger partial charge in [-0.1, -0.05) is 39.0 Å². The minimum absolute atomic E-state index is 0.125. The highest BCUT2D eigenvalue weighted by Crippen LogP contribution is 2.37. The third-order valence-electron chi connectivity index (χ3n) is 3.73. The maximum absolute atomic E-state index is 7.62. The molecule has 0 radical (unpaired) electrons. The number of aliphatic hydroxyl groups is 2. The van der Waals surface area contributed by atoms with Crippen molar-refractivity contribution < 1.29 is 14.9 Å². The van der Waals surface area contributed by atoms with Crippen LogP contribution in [-0.2, 0) is 0 Å². The Hall–Kier alpha value is -1.06. The van der Waals surface area contributed by atoms with Gasteiger partial charge in [0.2, 0.25) is 0 Å². The molecule has 3 nitrogen and oxygen atoms in total. The van der Waals surface area contributed by atoms with Gasteiger partial charge >= 0.3 is 0 Å². The van der Waals surface area contributed by atoms with Crippen LogP contribution in [0.4, 0.5) is 0 Å². The number of hydrogen-bond acceptors (Lipinski definition) is 3. The van der Waals surface area contributed by atoms with Crippen molar-refractivity contribution >= 4 is 0 Å². The van der Waals surface area contributed by atoms with Crippen molar-refractivity contribution in [2.24, 2.45) is 5.41 Å². The summed E-state index contributed by atoms with van der Waals surface area (Å²) in [6, 6.07) is 10.0. The van der Waals surface area contributed by atoms with E-state index in [1.807, 2.05) is 30.3 Å². The highest BCUT2D eigenvalue weighted by Gasteiger charge is 2.37. The molecular formula is C16H28O3. The molecule has 1 rings (SSSR count). The van der Waals surface area contributed by atoms with E-state index in [1.165, 1.54) is 0 Å². The van der Waals surface area contributed by atoms with Crippen LogP contribution in [0.2, 0.25) is 0 Å². The van der Waals surface area contributed by atoms with Crippen LogP contribution in [0, 0.1) is 5.41 Å². The van der Waals surface area contributed by atoms with Crippen LogP contribution >= 0.6 is 0 Å². The number of para-hydroxylation sites is 1. The molecule has 0 aliphatic heterocycles. The lowest BCUT2D eigenvalue weighted by atomic mass is 9.75. The van der Waals surface area contributed by atoms with E-state index in [0.717, 1.165) is 12.2 Å². The maximum atomic E-state index is 7.62. The zero-order valence-corrected chi connectivity index (χ0v) is 12.8. The third-order valence-corrected chi connectivity index (χ3v) is 3.73. The molecule has 19 heavy (non-hydrogen) atoms. The first-order chi connectivity index (χ1) is 8.80. The van der Waals surface area contributed by atoms with Gasteiger partial charge in [0, 0.05) is 5.41 Å². The normalized spacial score (nSPS) is 11.5. The second-order valence-electron chi connectivity index (χ2n) is 5.61.